The van der Waals surface area contributed by atoms with Crippen molar-refractivity contribution in [2.24, 2.45) is 0 Å². The van der Waals surface area contributed by atoms with Crippen molar-refractivity contribution in [3.05, 3.63) is 40.2 Å². The number of nitrogens with one attached hydrogen (secondary N) is 1. The van der Waals surface area contributed by atoms with Gasteiger partial charge in [-0.05, 0) is 24.6 Å². The zero-order valence-electron chi connectivity index (χ0n) is 12.5. The minimum atomic E-state index is -1.35. The fourth-order valence-electron chi connectivity index (χ4n) is 1.90. The Labute approximate surface area is 151 Å². The van der Waals surface area contributed by atoms with E-state index in [0.717, 1.165) is 6.26 Å². The summed E-state index contributed by atoms with van der Waals surface area (Å²) in [5.41, 5.74) is 0.330. The van der Waals surface area contributed by atoms with Gasteiger partial charge in [0.2, 0.25) is 5.89 Å². The van der Waals surface area contributed by atoms with Crippen molar-refractivity contribution in [2.75, 3.05) is 0 Å². The average Bonchev–Trinajstić information content (AvgIpc) is 3.03. The Morgan fingerprint density at radius 1 is 1.20 bits per heavy atom. The molecule has 1 heterocycles. The van der Waals surface area contributed by atoms with Crippen LogP contribution in [-0.2, 0) is 9.59 Å². The number of carboxylic acids is 2. The Balaban J connectivity index is 2.12. The molecular formula is C15H12Cl2N2O6. The van der Waals surface area contributed by atoms with Crippen molar-refractivity contribution < 1.29 is 29.0 Å². The number of rotatable bonds is 7. The largest absolute Gasteiger partial charge is 0.481 e. The maximum atomic E-state index is 12.1. The lowest BCUT2D eigenvalue weighted by Crippen LogP contribution is -2.41. The van der Waals surface area contributed by atoms with E-state index >= 15 is 0 Å². The summed E-state index contributed by atoms with van der Waals surface area (Å²) in [7, 11) is 0. The van der Waals surface area contributed by atoms with Crippen molar-refractivity contribution in [3.63, 3.8) is 0 Å². The SMILES string of the molecule is O=C(O)CCC(NC(=O)c1coc(-c2ccc(Cl)c(Cl)c2)n1)C(=O)O. The number of hydrogen-bond donors (Lipinski definition) is 3. The molecule has 0 fully saturated rings. The molecule has 2 aromatic rings. The van der Waals surface area contributed by atoms with Gasteiger partial charge in [0.25, 0.3) is 5.91 Å². The van der Waals surface area contributed by atoms with Gasteiger partial charge in [-0.15, -0.1) is 0 Å². The summed E-state index contributed by atoms with van der Waals surface area (Å²) in [6, 6.07) is 3.28. The summed E-state index contributed by atoms with van der Waals surface area (Å²) in [4.78, 5) is 37.7. The smallest absolute Gasteiger partial charge is 0.326 e. The van der Waals surface area contributed by atoms with Crippen LogP contribution in [0.5, 0.6) is 0 Å². The molecule has 25 heavy (non-hydrogen) atoms. The molecule has 132 valence electrons. The first kappa shape index (κ1) is 18.8. The minimum Gasteiger partial charge on any atom is -0.481 e. The summed E-state index contributed by atoms with van der Waals surface area (Å²) in [6.45, 7) is 0. The third-order valence-corrected chi connectivity index (χ3v) is 3.89. The number of nitrogens with zero attached hydrogens (tertiary/aromatic N) is 1. The number of hydrogen-bond acceptors (Lipinski definition) is 5. The predicted molar refractivity (Wildman–Crippen MR) is 87.7 cm³/mol. The molecule has 1 atom stereocenters. The lowest BCUT2D eigenvalue weighted by Gasteiger charge is -2.12. The monoisotopic (exact) mass is 386 g/mol. The second-order valence-corrected chi connectivity index (χ2v) is 5.78. The molecule has 0 saturated heterocycles. The number of benzene rings is 1. The van der Waals surface area contributed by atoms with E-state index in [-0.39, 0.29) is 23.0 Å². The highest BCUT2D eigenvalue weighted by atomic mass is 35.5. The van der Waals surface area contributed by atoms with Gasteiger partial charge >= 0.3 is 11.9 Å². The zero-order chi connectivity index (χ0) is 18.6. The van der Waals surface area contributed by atoms with Gasteiger partial charge in [0.05, 0.1) is 10.0 Å². The lowest BCUT2D eigenvalue weighted by molar-refractivity contribution is -0.140. The maximum absolute atomic E-state index is 12.1. The van der Waals surface area contributed by atoms with Crippen LogP contribution < -0.4 is 5.32 Å². The van der Waals surface area contributed by atoms with E-state index in [1.807, 2.05) is 0 Å². The first-order valence-corrected chi connectivity index (χ1v) is 7.70. The quantitative estimate of drug-likeness (QED) is 0.666. The Kier molecular flexibility index (Phi) is 6.00. The molecule has 0 bridgehead atoms. The predicted octanol–water partition coefficient (Wildman–Crippen LogP) is 2.70. The summed E-state index contributed by atoms with van der Waals surface area (Å²) in [6.07, 6.45) is 0.405. The normalized spacial score (nSPS) is 11.8. The van der Waals surface area contributed by atoms with E-state index < -0.39 is 30.3 Å². The first-order chi connectivity index (χ1) is 11.8. The van der Waals surface area contributed by atoms with E-state index in [2.05, 4.69) is 10.3 Å². The number of carbonyl (C=O) groups excluding carboxylic acids is 1. The van der Waals surface area contributed by atoms with Crippen LogP contribution in [0.3, 0.4) is 0 Å². The number of halogens is 2. The highest BCUT2D eigenvalue weighted by Crippen LogP contribution is 2.28. The molecule has 0 aliphatic heterocycles. The van der Waals surface area contributed by atoms with Gasteiger partial charge in [-0.3, -0.25) is 9.59 Å². The number of carbonyl (C=O) groups is 3. The molecule has 2 rings (SSSR count). The third kappa shape index (κ3) is 4.94. The molecule has 0 aliphatic rings. The van der Waals surface area contributed by atoms with Crippen LogP contribution in [0.25, 0.3) is 11.5 Å². The zero-order valence-corrected chi connectivity index (χ0v) is 14.0. The van der Waals surface area contributed by atoms with E-state index in [9.17, 15) is 14.4 Å². The van der Waals surface area contributed by atoms with Crippen LogP contribution in [0.2, 0.25) is 10.0 Å². The molecule has 8 nitrogen and oxygen atoms in total. The van der Waals surface area contributed by atoms with Crippen molar-refractivity contribution >= 4 is 41.0 Å². The molecule has 0 aliphatic carbocycles. The highest BCUT2D eigenvalue weighted by Gasteiger charge is 2.23. The van der Waals surface area contributed by atoms with Crippen LogP contribution in [0.15, 0.2) is 28.9 Å². The fourth-order valence-corrected chi connectivity index (χ4v) is 2.20. The summed E-state index contributed by atoms with van der Waals surface area (Å²) < 4.78 is 5.19. The lowest BCUT2D eigenvalue weighted by atomic mass is 10.1. The third-order valence-electron chi connectivity index (χ3n) is 3.15. The first-order valence-electron chi connectivity index (χ1n) is 6.94. The molecule has 0 spiro atoms. The Bertz CT molecular complexity index is 820. The van der Waals surface area contributed by atoms with E-state index in [1.165, 1.54) is 12.1 Å². The van der Waals surface area contributed by atoms with Crippen molar-refractivity contribution in [1.82, 2.24) is 10.3 Å². The summed E-state index contributed by atoms with van der Waals surface area (Å²) in [5, 5.41) is 20.5. The van der Waals surface area contributed by atoms with Gasteiger partial charge in [-0.1, -0.05) is 23.2 Å². The molecule has 1 aromatic carbocycles. The number of aromatic nitrogens is 1. The average molecular weight is 387 g/mol. The highest BCUT2D eigenvalue weighted by molar-refractivity contribution is 6.42. The number of oxazole rings is 1. The molecule has 0 saturated carbocycles. The van der Waals surface area contributed by atoms with E-state index in [0.29, 0.717) is 10.6 Å². The number of amides is 1. The molecule has 10 heteroatoms. The van der Waals surface area contributed by atoms with Crippen LogP contribution in [0.4, 0.5) is 0 Å². The molecule has 1 unspecified atom stereocenters. The van der Waals surface area contributed by atoms with Crippen LogP contribution in [0.1, 0.15) is 23.3 Å². The van der Waals surface area contributed by atoms with Gasteiger partial charge in [-0.25, -0.2) is 9.78 Å². The van der Waals surface area contributed by atoms with Crippen LogP contribution in [0, 0.1) is 0 Å². The van der Waals surface area contributed by atoms with Crippen LogP contribution >= 0.6 is 23.2 Å². The summed E-state index contributed by atoms with van der Waals surface area (Å²) in [5.74, 6) is -3.21. The van der Waals surface area contributed by atoms with Crippen molar-refractivity contribution in [1.29, 1.82) is 0 Å². The second-order valence-electron chi connectivity index (χ2n) is 4.96. The Morgan fingerprint density at radius 3 is 2.52 bits per heavy atom. The number of carboxylic acid groups (broad SMARTS) is 2. The standard InChI is InChI=1S/C15H12Cl2N2O6/c16-8-2-1-7(5-9(8)17)14-19-11(6-25-14)13(22)18-10(15(23)24)3-4-12(20)21/h1-2,5-6,10H,3-4H2,(H,18,22)(H,20,21)(H,23,24). The van der Waals surface area contributed by atoms with Gasteiger partial charge in [0, 0.05) is 12.0 Å². The second kappa shape index (κ2) is 8.00. The minimum absolute atomic E-state index is 0.0983. The van der Waals surface area contributed by atoms with Crippen molar-refractivity contribution in [3.8, 4) is 11.5 Å². The molecule has 0 radical (unpaired) electrons. The topological polar surface area (TPSA) is 130 Å². The Morgan fingerprint density at radius 2 is 1.92 bits per heavy atom. The van der Waals surface area contributed by atoms with Gasteiger partial charge in [0.15, 0.2) is 5.69 Å². The Hall–Kier alpha value is -2.58. The molecular weight excluding hydrogens is 375 g/mol. The van der Waals surface area contributed by atoms with Crippen molar-refractivity contribution in [2.45, 2.75) is 18.9 Å². The van der Waals surface area contributed by atoms with Gasteiger partial charge < -0.3 is 19.9 Å². The van der Waals surface area contributed by atoms with Gasteiger partial charge in [-0.2, -0.15) is 0 Å². The van der Waals surface area contributed by atoms with Crippen LogP contribution in [-0.4, -0.2) is 39.1 Å². The molecule has 1 amide bonds. The maximum Gasteiger partial charge on any atom is 0.326 e. The van der Waals surface area contributed by atoms with Gasteiger partial charge in [0.1, 0.15) is 12.3 Å². The molecule has 3 N–H and O–H groups in total. The molecule has 1 aromatic heterocycles. The van der Waals surface area contributed by atoms with E-state index in [1.54, 1.807) is 6.07 Å². The van der Waals surface area contributed by atoms with E-state index in [4.69, 9.17) is 37.8 Å². The number of aliphatic carboxylic acids is 2. The summed E-state index contributed by atoms with van der Waals surface area (Å²) >= 11 is 11.7. The fraction of sp³-hybridized carbons (Fsp3) is 0.200.